The van der Waals surface area contributed by atoms with Crippen LogP contribution in [0.2, 0.25) is 0 Å². The number of hydrogen-bond acceptors (Lipinski definition) is 3. The van der Waals surface area contributed by atoms with Crippen molar-refractivity contribution in [2.24, 2.45) is 5.73 Å². The fourth-order valence-corrected chi connectivity index (χ4v) is 1.26. The molecular weight excluding hydrogens is 164 g/mol. The normalized spacial score (nSPS) is 10.4. The Bertz CT molecular complexity index is 244. The lowest BCUT2D eigenvalue weighted by Gasteiger charge is -2.18. The number of hydrogen-bond donors (Lipinski definition) is 2. The minimum absolute atomic E-state index is 0.663. The third-order valence-corrected chi connectivity index (χ3v) is 2.08. The Labute approximate surface area is 79.1 Å². The molecule has 0 amide bonds. The zero-order valence-corrected chi connectivity index (χ0v) is 8.38. The van der Waals surface area contributed by atoms with Crippen LogP contribution in [0.3, 0.4) is 0 Å². The number of likely N-dealkylation sites (N-methyl/N-ethyl adjacent to an activating group) is 1. The van der Waals surface area contributed by atoms with Gasteiger partial charge in [0.2, 0.25) is 5.95 Å². The Morgan fingerprint density at radius 1 is 1.54 bits per heavy atom. The van der Waals surface area contributed by atoms with Gasteiger partial charge in [0.15, 0.2) is 0 Å². The number of nitrogens with zero attached hydrogens (tertiary/aromatic N) is 2. The van der Waals surface area contributed by atoms with Crippen molar-refractivity contribution in [3.63, 3.8) is 0 Å². The lowest BCUT2D eigenvalue weighted by atomic mass is 10.4. The van der Waals surface area contributed by atoms with E-state index >= 15 is 0 Å². The fraction of sp³-hybridized carbons (Fsp3) is 0.667. The Hall–Kier alpha value is -1.03. The van der Waals surface area contributed by atoms with Crippen LogP contribution in [0.25, 0.3) is 0 Å². The Morgan fingerprint density at radius 2 is 2.31 bits per heavy atom. The molecule has 0 aromatic carbocycles. The second-order valence-electron chi connectivity index (χ2n) is 2.95. The van der Waals surface area contributed by atoms with Gasteiger partial charge in [0.05, 0.1) is 6.20 Å². The number of anilines is 1. The molecule has 1 aromatic heterocycles. The minimum Gasteiger partial charge on any atom is -0.341 e. The van der Waals surface area contributed by atoms with Gasteiger partial charge >= 0.3 is 0 Å². The van der Waals surface area contributed by atoms with E-state index in [1.807, 2.05) is 6.20 Å². The molecule has 1 aromatic rings. The van der Waals surface area contributed by atoms with Crippen LogP contribution in [0.5, 0.6) is 0 Å². The van der Waals surface area contributed by atoms with Crippen molar-refractivity contribution in [1.29, 1.82) is 0 Å². The topological polar surface area (TPSA) is 57.9 Å². The maximum atomic E-state index is 5.50. The minimum atomic E-state index is 0.663. The number of aryl methyl sites for hydroxylation is 1. The summed E-state index contributed by atoms with van der Waals surface area (Å²) in [5.41, 5.74) is 6.67. The standard InChI is InChI=1S/C9H18N4/c1-3-8-7-11-9(12-8)13(4-2)6-5-10/h7H,3-6,10H2,1-2H3,(H,11,12). The highest BCUT2D eigenvalue weighted by atomic mass is 15.3. The molecule has 0 aliphatic rings. The predicted molar refractivity (Wildman–Crippen MR) is 54.9 cm³/mol. The molecule has 0 saturated carbocycles. The first kappa shape index (κ1) is 10.1. The van der Waals surface area contributed by atoms with Crippen LogP contribution < -0.4 is 10.6 Å². The number of aromatic amines is 1. The first-order chi connectivity index (χ1) is 6.31. The SMILES string of the molecule is CCc1cnc(N(CC)CCN)[nH]1. The van der Waals surface area contributed by atoms with Crippen LogP contribution in [-0.2, 0) is 6.42 Å². The molecule has 3 N–H and O–H groups in total. The van der Waals surface area contributed by atoms with Gasteiger partial charge in [0.25, 0.3) is 0 Å². The number of rotatable bonds is 5. The first-order valence-corrected chi connectivity index (χ1v) is 4.80. The van der Waals surface area contributed by atoms with Crippen LogP contribution in [0.1, 0.15) is 19.5 Å². The average molecular weight is 182 g/mol. The van der Waals surface area contributed by atoms with E-state index in [4.69, 9.17) is 5.73 Å². The van der Waals surface area contributed by atoms with Gasteiger partial charge in [-0.25, -0.2) is 4.98 Å². The molecule has 1 heterocycles. The molecule has 0 bridgehead atoms. The summed E-state index contributed by atoms with van der Waals surface area (Å²) in [5.74, 6) is 0.935. The van der Waals surface area contributed by atoms with E-state index in [9.17, 15) is 0 Å². The van der Waals surface area contributed by atoms with Crippen LogP contribution in [0.4, 0.5) is 5.95 Å². The van der Waals surface area contributed by atoms with Gasteiger partial charge in [0, 0.05) is 25.3 Å². The van der Waals surface area contributed by atoms with Gasteiger partial charge in [-0.05, 0) is 13.3 Å². The van der Waals surface area contributed by atoms with Crippen molar-refractivity contribution in [3.05, 3.63) is 11.9 Å². The molecule has 1 rings (SSSR count). The van der Waals surface area contributed by atoms with E-state index in [1.165, 1.54) is 5.69 Å². The summed E-state index contributed by atoms with van der Waals surface area (Å²) in [6, 6.07) is 0. The zero-order valence-electron chi connectivity index (χ0n) is 8.38. The molecule has 74 valence electrons. The highest BCUT2D eigenvalue weighted by Gasteiger charge is 2.06. The summed E-state index contributed by atoms with van der Waals surface area (Å²) in [6.07, 6.45) is 2.88. The van der Waals surface area contributed by atoms with Crippen molar-refractivity contribution in [2.45, 2.75) is 20.3 Å². The molecule has 4 heteroatoms. The molecule has 0 atom stereocenters. The summed E-state index contributed by atoms with van der Waals surface area (Å²) >= 11 is 0. The van der Waals surface area contributed by atoms with E-state index in [0.717, 1.165) is 25.5 Å². The highest BCUT2D eigenvalue weighted by Crippen LogP contribution is 2.08. The predicted octanol–water partition coefficient (Wildman–Crippen LogP) is 0.757. The van der Waals surface area contributed by atoms with Gasteiger partial charge in [-0.2, -0.15) is 0 Å². The van der Waals surface area contributed by atoms with Crippen molar-refractivity contribution in [2.75, 3.05) is 24.5 Å². The molecule has 0 aliphatic heterocycles. The maximum Gasteiger partial charge on any atom is 0.202 e. The monoisotopic (exact) mass is 182 g/mol. The van der Waals surface area contributed by atoms with Gasteiger partial charge in [-0.15, -0.1) is 0 Å². The largest absolute Gasteiger partial charge is 0.341 e. The number of H-pyrrole nitrogens is 1. The van der Waals surface area contributed by atoms with Crippen LogP contribution in [0.15, 0.2) is 6.20 Å². The van der Waals surface area contributed by atoms with Crippen LogP contribution in [0, 0.1) is 0 Å². The number of aromatic nitrogens is 2. The third-order valence-electron chi connectivity index (χ3n) is 2.08. The van der Waals surface area contributed by atoms with E-state index in [-0.39, 0.29) is 0 Å². The molecular formula is C9H18N4. The average Bonchev–Trinajstić information content (AvgIpc) is 2.62. The van der Waals surface area contributed by atoms with Gasteiger partial charge in [-0.3, -0.25) is 0 Å². The molecule has 0 saturated heterocycles. The zero-order chi connectivity index (χ0) is 9.68. The lowest BCUT2D eigenvalue weighted by molar-refractivity contribution is 0.789. The molecule has 0 unspecified atom stereocenters. The van der Waals surface area contributed by atoms with Crippen molar-refractivity contribution < 1.29 is 0 Å². The van der Waals surface area contributed by atoms with E-state index < -0.39 is 0 Å². The Morgan fingerprint density at radius 3 is 2.77 bits per heavy atom. The van der Waals surface area contributed by atoms with Gasteiger partial charge < -0.3 is 15.6 Å². The Kier molecular flexibility index (Phi) is 3.76. The van der Waals surface area contributed by atoms with Crippen LogP contribution >= 0.6 is 0 Å². The summed E-state index contributed by atoms with van der Waals surface area (Å²) in [6.45, 7) is 6.66. The summed E-state index contributed by atoms with van der Waals surface area (Å²) in [4.78, 5) is 9.69. The summed E-state index contributed by atoms with van der Waals surface area (Å²) < 4.78 is 0. The number of nitrogens with two attached hydrogens (primary N) is 1. The van der Waals surface area contributed by atoms with Gasteiger partial charge in [-0.1, -0.05) is 6.92 Å². The van der Waals surface area contributed by atoms with E-state index in [0.29, 0.717) is 6.54 Å². The molecule has 13 heavy (non-hydrogen) atoms. The molecule has 0 aliphatic carbocycles. The third kappa shape index (κ3) is 2.45. The summed E-state index contributed by atoms with van der Waals surface area (Å²) in [7, 11) is 0. The van der Waals surface area contributed by atoms with Crippen LogP contribution in [-0.4, -0.2) is 29.6 Å². The maximum absolute atomic E-state index is 5.50. The van der Waals surface area contributed by atoms with E-state index in [2.05, 4.69) is 28.7 Å². The molecule has 0 radical (unpaired) electrons. The van der Waals surface area contributed by atoms with Crippen molar-refractivity contribution >= 4 is 5.95 Å². The van der Waals surface area contributed by atoms with Gasteiger partial charge in [0.1, 0.15) is 0 Å². The lowest BCUT2D eigenvalue weighted by Crippen LogP contribution is -2.29. The molecule has 4 nitrogen and oxygen atoms in total. The quantitative estimate of drug-likeness (QED) is 0.706. The summed E-state index contributed by atoms with van der Waals surface area (Å²) in [5, 5.41) is 0. The number of imidazole rings is 1. The molecule has 0 fully saturated rings. The van der Waals surface area contributed by atoms with Crippen molar-refractivity contribution in [3.8, 4) is 0 Å². The second-order valence-corrected chi connectivity index (χ2v) is 2.95. The van der Waals surface area contributed by atoms with E-state index in [1.54, 1.807) is 0 Å². The highest BCUT2D eigenvalue weighted by molar-refractivity contribution is 5.30. The fourth-order valence-electron chi connectivity index (χ4n) is 1.26. The number of nitrogens with one attached hydrogen (secondary N) is 1. The Balaban J connectivity index is 2.67. The van der Waals surface area contributed by atoms with Crippen molar-refractivity contribution in [1.82, 2.24) is 9.97 Å². The second kappa shape index (κ2) is 4.87. The first-order valence-electron chi connectivity index (χ1n) is 4.80. The molecule has 0 spiro atoms. The smallest absolute Gasteiger partial charge is 0.202 e.